The van der Waals surface area contributed by atoms with E-state index in [0.29, 0.717) is 29.0 Å². The highest BCUT2D eigenvalue weighted by Gasteiger charge is 2.26. The number of hydrogen-bond donors (Lipinski definition) is 1. The maximum Gasteiger partial charge on any atom is 0.320 e. The summed E-state index contributed by atoms with van der Waals surface area (Å²) < 4.78 is 19.1. The molecule has 0 bridgehead atoms. The fraction of sp³-hybridized carbons (Fsp3) is 0.688. The van der Waals surface area contributed by atoms with E-state index in [9.17, 15) is 0 Å². The SMILES string of the molecule is COc1nc2c(N)nc(OC3CCCC3)nc2n1C1CCCCO1. The maximum absolute atomic E-state index is 6.09. The Morgan fingerprint density at radius 1 is 1.08 bits per heavy atom. The van der Waals surface area contributed by atoms with E-state index in [4.69, 9.17) is 19.9 Å². The van der Waals surface area contributed by atoms with Gasteiger partial charge in [0, 0.05) is 6.61 Å². The summed E-state index contributed by atoms with van der Waals surface area (Å²) in [5, 5.41) is 0. The smallest absolute Gasteiger partial charge is 0.320 e. The summed E-state index contributed by atoms with van der Waals surface area (Å²) in [5.41, 5.74) is 7.23. The van der Waals surface area contributed by atoms with Crippen molar-refractivity contribution in [3.63, 3.8) is 0 Å². The van der Waals surface area contributed by atoms with Crippen molar-refractivity contribution < 1.29 is 14.2 Å². The molecule has 1 atom stereocenters. The average molecular weight is 333 g/mol. The molecule has 130 valence electrons. The molecule has 1 saturated heterocycles. The molecular formula is C16H23N5O3. The summed E-state index contributed by atoms with van der Waals surface area (Å²) >= 11 is 0. The molecule has 1 aliphatic heterocycles. The molecule has 24 heavy (non-hydrogen) atoms. The Bertz CT molecular complexity index is 720. The van der Waals surface area contributed by atoms with Gasteiger partial charge in [0.2, 0.25) is 0 Å². The van der Waals surface area contributed by atoms with Gasteiger partial charge in [0.1, 0.15) is 12.3 Å². The van der Waals surface area contributed by atoms with Gasteiger partial charge in [-0.3, -0.25) is 4.57 Å². The van der Waals surface area contributed by atoms with Crippen molar-refractivity contribution >= 4 is 17.0 Å². The van der Waals surface area contributed by atoms with Crippen molar-refractivity contribution in [2.75, 3.05) is 19.5 Å². The van der Waals surface area contributed by atoms with Crippen LogP contribution in [0.4, 0.5) is 5.82 Å². The van der Waals surface area contributed by atoms with E-state index >= 15 is 0 Å². The number of hydrogen-bond acceptors (Lipinski definition) is 7. The van der Waals surface area contributed by atoms with Crippen LogP contribution in [0, 0.1) is 0 Å². The van der Waals surface area contributed by atoms with E-state index in [-0.39, 0.29) is 12.3 Å². The van der Waals surface area contributed by atoms with E-state index in [1.165, 1.54) is 12.8 Å². The lowest BCUT2D eigenvalue weighted by molar-refractivity contribution is -0.0334. The largest absolute Gasteiger partial charge is 0.468 e. The van der Waals surface area contributed by atoms with Gasteiger partial charge >= 0.3 is 12.0 Å². The second-order valence-electron chi connectivity index (χ2n) is 6.38. The first-order valence-corrected chi connectivity index (χ1v) is 8.64. The normalized spacial score (nSPS) is 22.1. The second-order valence-corrected chi connectivity index (χ2v) is 6.38. The van der Waals surface area contributed by atoms with Gasteiger partial charge in [-0.25, -0.2) is 0 Å². The van der Waals surface area contributed by atoms with Gasteiger partial charge in [-0.05, 0) is 44.9 Å². The molecule has 0 amide bonds. The van der Waals surface area contributed by atoms with Crippen LogP contribution in [0.25, 0.3) is 11.2 Å². The van der Waals surface area contributed by atoms with Gasteiger partial charge in [0.05, 0.1) is 7.11 Å². The number of nitrogens with zero attached hydrogens (tertiary/aromatic N) is 4. The van der Waals surface area contributed by atoms with Crippen molar-refractivity contribution in [2.24, 2.45) is 0 Å². The predicted molar refractivity (Wildman–Crippen MR) is 88.0 cm³/mol. The number of imidazole rings is 1. The van der Waals surface area contributed by atoms with Crippen LogP contribution in [-0.2, 0) is 4.74 Å². The first-order valence-electron chi connectivity index (χ1n) is 8.64. The molecule has 2 aliphatic rings. The fourth-order valence-electron chi connectivity index (χ4n) is 3.49. The third-order valence-corrected chi connectivity index (χ3v) is 4.71. The van der Waals surface area contributed by atoms with Gasteiger partial charge in [-0.1, -0.05) is 0 Å². The molecule has 8 nitrogen and oxygen atoms in total. The van der Waals surface area contributed by atoms with Crippen LogP contribution < -0.4 is 15.2 Å². The quantitative estimate of drug-likeness (QED) is 0.917. The Kier molecular flexibility index (Phi) is 4.13. The van der Waals surface area contributed by atoms with E-state index in [1.54, 1.807) is 7.11 Å². The molecule has 0 spiro atoms. The summed E-state index contributed by atoms with van der Waals surface area (Å²) in [4.78, 5) is 13.3. The van der Waals surface area contributed by atoms with Crippen LogP contribution in [-0.4, -0.2) is 39.3 Å². The van der Waals surface area contributed by atoms with E-state index < -0.39 is 0 Å². The summed E-state index contributed by atoms with van der Waals surface area (Å²) in [6, 6.07) is 0.752. The van der Waals surface area contributed by atoms with Gasteiger partial charge in [-0.15, -0.1) is 0 Å². The molecule has 2 N–H and O–H groups in total. The van der Waals surface area contributed by atoms with Crippen LogP contribution in [0.2, 0.25) is 0 Å². The zero-order valence-electron chi connectivity index (χ0n) is 13.9. The number of aromatic nitrogens is 4. The molecule has 1 saturated carbocycles. The number of ether oxygens (including phenoxy) is 3. The van der Waals surface area contributed by atoms with E-state index in [2.05, 4.69) is 15.0 Å². The Balaban J connectivity index is 1.75. The monoisotopic (exact) mass is 333 g/mol. The molecule has 4 rings (SSSR count). The lowest BCUT2D eigenvalue weighted by Gasteiger charge is -2.24. The van der Waals surface area contributed by atoms with Crippen molar-refractivity contribution in [3.05, 3.63) is 0 Å². The minimum atomic E-state index is -0.146. The number of nitrogens with two attached hydrogens (primary N) is 1. The fourth-order valence-corrected chi connectivity index (χ4v) is 3.49. The minimum Gasteiger partial charge on any atom is -0.468 e. The van der Waals surface area contributed by atoms with Crippen molar-refractivity contribution in [1.82, 2.24) is 19.5 Å². The number of rotatable bonds is 4. The third-order valence-electron chi connectivity index (χ3n) is 4.71. The van der Waals surface area contributed by atoms with Gasteiger partial charge < -0.3 is 19.9 Å². The van der Waals surface area contributed by atoms with Crippen LogP contribution in [0.1, 0.15) is 51.2 Å². The van der Waals surface area contributed by atoms with Crippen molar-refractivity contribution in [3.8, 4) is 12.0 Å². The number of nitrogen functional groups attached to an aromatic ring is 1. The number of fused-ring (bicyclic) bond motifs is 1. The molecule has 8 heteroatoms. The Hall–Kier alpha value is -2.09. The van der Waals surface area contributed by atoms with Crippen LogP contribution >= 0.6 is 0 Å². The maximum atomic E-state index is 6.09. The van der Waals surface area contributed by atoms with Crippen LogP contribution in [0.5, 0.6) is 12.0 Å². The van der Waals surface area contributed by atoms with Gasteiger partial charge in [0.25, 0.3) is 0 Å². The Labute approximate surface area is 140 Å². The van der Waals surface area contributed by atoms with E-state index in [1.807, 2.05) is 4.57 Å². The van der Waals surface area contributed by atoms with Gasteiger partial charge in [-0.2, -0.15) is 15.0 Å². The highest BCUT2D eigenvalue weighted by Crippen LogP contribution is 2.33. The predicted octanol–water partition coefficient (Wildman–Crippen LogP) is 2.44. The summed E-state index contributed by atoms with van der Waals surface area (Å²) in [5.74, 6) is 0.306. The topological polar surface area (TPSA) is 97.3 Å². The molecule has 3 heterocycles. The first-order chi connectivity index (χ1) is 11.8. The standard InChI is InChI=1S/C16H23N5O3/c1-22-16-18-12-13(17)19-15(24-10-6-2-3-7-10)20-14(12)21(16)11-8-4-5-9-23-11/h10-11H,2-9H2,1H3,(H2,17,19,20). The molecular weight excluding hydrogens is 310 g/mol. The molecule has 0 aromatic carbocycles. The molecule has 1 aliphatic carbocycles. The van der Waals surface area contributed by atoms with Crippen molar-refractivity contribution in [1.29, 1.82) is 0 Å². The lowest BCUT2D eigenvalue weighted by atomic mass is 10.2. The van der Waals surface area contributed by atoms with Crippen LogP contribution in [0.15, 0.2) is 0 Å². The summed E-state index contributed by atoms with van der Waals surface area (Å²) in [6.07, 6.45) is 7.53. The molecule has 2 fully saturated rings. The highest BCUT2D eigenvalue weighted by molar-refractivity contribution is 5.83. The lowest BCUT2D eigenvalue weighted by Crippen LogP contribution is -2.19. The number of anilines is 1. The highest BCUT2D eigenvalue weighted by atomic mass is 16.5. The second kappa shape index (κ2) is 6.43. The molecule has 2 aromatic heterocycles. The van der Waals surface area contributed by atoms with Crippen LogP contribution in [0.3, 0.4) is 0 Å². The zero-order valence-corrected chi connectivity index (χ0v) is 13.9. The van der Waals surface area contributed by atoms with Gasteiger partial charge in [0.15, 0.2) is 17.0 Å². The first kappa shape index (κ1) is 15.4. The molecule has 1 unspecified atom stereocenters. The molecule has 0 radical (unpaired) electrons. The molecule has 2 aromatic rings. The Morgan fingerprint density at radius 2 is 1.88 bits per heavy atom. The average Bonchev–Trinajstić information content (AvgIpc) is 3.23. The van der Waals surface area contributed by atoms with E-state index in [0.717, 1.165) is 38.7 Å². The van der Waals surface area contributed by atoms with Crippen molar-refractivity contribution in [2.45, 2.75) is 57.3 Å². The summed E-state index contributed by atoms with van der Waals surface area (Å²) in [6.45, 7) is 0.722. The summed E-state index contributed by atoms with van der Waals surface area (Å²) in [7, 11) is 1.58. The minimum absolute atomic E-state index is 0.146. The Morgan fingerprint density at radius 3 is 2.58 bits per heavy atom. The number of methoxy groups -OCH3 is 1. The zero-order chi connectivity index (χ0) is 16.5. The third kappa shape index (κ3) is 2.75.